The van der Waals surface area contributed by atoms with Crippen LogP contribution in [0, 0.1) is 0 Å². The van der Waals surface area contributed by atoms with Gasteiger partial charge in [-0.1, -0.05) is 12.8 Å². The Kier molecular flexibility index (Phi) is 4.94. The van der Waals surface area contributed by atoms with Gasteiger partial charge in [-0.15, -0.1) is 0 Å². The molecule has 3 nitrogen and oxygen atoms in total. The number of esters is 1. The molecule has 0 radical (unpaired) electrons. The number of hydrogen-bond acceptors (Lipinski definition) is 3. The molecule has 3 heteroatoms. The summed E-state index contributed by atoms with van der Waals surface area (Å²) in [5.74, 6) is -0.0746. The molecule has 1 fully saturated rings. The van der Waals surface area contributed by atoms with Crippen molar-refractivity contribution < 1.29 is 9.53 Å². The van der Waals surface area contributed by atoms with E-state index in [0.29, 0.717) is 6.61 Å². The number of carbonyl (C=O) groups is 1. The van der Waals surface area contributed by atoms with Gasteiger partial charge in [0, 0.05) is 0 Å². The Morgan fingerprint density at radius 2 is 1.86 bits per heavy atom. The molecule has 1 atom stereocenters. The predicted octanol–water partition coefficient (Wildman–Crippen LogP) is 1.81. The van der Waals surface area contributed by atoms with E-state index in [-0.39, 0.29) is 12.0 Å². The van der Waals surface area contributed by atoms with Crippen LogP contribution in [-0.2, 0) is 9.53 Å². The van der Waals surface area contributed by atoms with E-state index in [0.717, 1.165) is 13.1 Å². The first kappa shape index (κ1) is 11.5. The minimum atomic E-state index is -0.0746. The van der Waals surface area contributed by atoms with E-state index < -0.39 is 0 Å². The van der Waals surface area contributed by atoms with Gasteiger partial charge in [0.1, 0.15) is 6.04 Å². The fourth-order valence-electron chi connectivity index (χ4n) is 1.89. The third kappa shape index (κ3) is 3.29. The Morgan fingerprint density at radius 1 is 1.29 bits per heavy atom. The second-order valence-corrected chi connectivity index (χ2v) is 3.88. The first-order chi connectivity index (χ1) is 6.75. The van der Waals surface area contributed by atoms with Crippen molar-refractivity contribution in [3.05, 3.63) is 0 Å². The molecular formula is C11H21NO2. The van der Waals surface area contributed by atoms with E-state index in [2.05, 4.69) is 4.90 Å². The number of nitrogens with zero attached hydrogens (tertiary/aromatic N) is 1. The summed E-state index contributed by atoms with van der Waals surface area (Å²) in [4.78, 5) is 13.7. The van der Waals surface area contributed by atoms with Crippen LogP contribution in [0.2, 0.25) is 0 Å². The highest BCUT2D eigenvalue weighted by molar-refractivity contribution is 5.75. The number of rotatable bonds is 3. The fraction of sp³-hybridized carbons (Fsp3) is 0.909. The van der Waals surface area contributed by atoms with Gasteiger partial charge in [-0.05, 0) is 39.8 Å². The Bertz CT molecular complexity index is 174. The minimum absolute atomic E-state index is 0.0620. The van der Waals surface area contributed by atoms with Crippen molar-refractivity contribution in [2.24, 2.45) is 0 Å². The Labute approximate surface area is 86.4 Å². The van der Waals surface area contributed by atoms with Crippen molar-refractivity contribution in [3.63, 3.8) is 0 Å². The van der Waals surface area contributed by atoms with Gasteiger partial charge >= 0.3 is 5.97 Å². The third-order valence-electron chi connectivity index (χ3n) is 2.82. The molecule has 1 saturated heterocycles. The zero-order chi connectivity index (χ0) is 10.4. The summed E-state index contributed by atoms with van der Waals surface area (Å²) >= 11 is 0. The van der Waals surface area contributed by atoms with Gasteiger partial charge in [-0.2, -0.15) is 0 Å². The molecule has 0 spiro atoms. The van der Waals surface area contributed by atoms with Gasteiger partial charge in [0.05, 0.1) is 6.61 Å². The summed E-state index contributed by atoms with van der Waals surface area (Å²) in [5.41, 5.74) is 0. The lowest BCUT2D eigenvalue weighted by Crippen LogP contribution is -2.40. The lowest BCUT2D eigenvalue weighted by atomic mass is 10.2. The maximum absolute atomic E-state index is 11.5. The SMILES string of the molecule is CCOC(=O)C(C)N1CCCCCC1. The van der Waals surface area contributed by atoms with E-state index >= 15 is 0 Å². The van der Waals surface area contributed by atoms with Gasteiger partial charge in [0.25, 0.3) is 0 Å². The molecule has 0 aromatic rings. The summed E-state index contributed by atoms with van der Waals surface area (Å²) in [6, 6.07) is -0.0620. The van der Waals surface area contributed by atoms with Gasteiger partial charge < -0.3 is 4.74 Å². The van der Waals surface area contributed by atoms with Crippen LogP contribution in [0.25, 0.3) is 0 Å². The van der Waals surface area contributed by atoms with Crippen LogP contribution in [0.1, 0.15) is 39.5 Å². The largest absolute Gasteiger partial charge is 0.465 e. The summed E-state index contributed by atoms with van der Waals surface area (Å²) in [6.07, 6.45) is 5.02. The van der Waals surface area contributed by atoms with Gasteiger partial charge in [-0.25, -0.2) is 0 Å². The molecule has 1 rings (SSSR count). The molecule has 1 heterocycles. The van der Waals surface area contributed by atoms with Crippen LogP contribution in [0.4, 0.5) is 0 Å². The summed E-state index contributed by atoms with van der Waals surface area (Å²) < 4.78 is 5.02. The van der Waals surface area contributed by atoms with E-state index in [9.17, 15) is 4.79 Å². The second-order valence-electron chi connectivity index (χ2n) is 3.88. The highest BCUT2D eigenvalue weighted by Gasteiger charge is 2.22. The number of carbonyl (C=O) groups excluding carboxylic acids is 1. The summed E-state index contributed by atoms with van der Waals surface area (Å²) in [6.45, 7) is 6.37. The van der Waals surface area contributed by atoms with Gasteiger partial charge in [-0.3, -0.25) is 9.69 Å². The lowest BCUT2D eigenvalue weighted by Gasteiger charge is -2.25. The van der Waals surface area contributed by atoms with Crippen molar-refractivity contribution in [3.8, 4) is 0 Å². The Morgan fingerprint density at radius 3 is 2.36 bits per heavy atom. The van der Waals surface area contributed by atoms with Crippen LogP contribution in [-0.4, -0.2) is 36.6 Å². The monoisotopic (exact) mass is 199 g/mol. The molecule has 14 heavy (non-hydrogen) atoms. The molecule has 0 bridgehead atoms. The molecule has 1 aliphatic heterocycles. The highest BCUT2D eigenvalue weighted by atomic mass is 16.5. The lowest BCUT2D eigenvalue weighted by molar-refractivity contribution is -0.148. The fourth-order valence-corrected chi connectivity index (χ4v) is 1.89. The molecule has 1 aliphatic rings. The van der Waals surface area contributed by atoms with Crippen molar-refractivity contribution in [2.75, 3.05) is 19.7 Å². The van der Waals surface area contributed by atoms with E-state index in [4.69, 9.17) is 4.74 Å². The van der Waals surface area contributed by atoms with Crippen LogP contribution in [0.3, 0.4) is 0 Å². The summed E-state index contributed by atoms with van der Waals surface area (Å²) in [7, 11) is 0. The quantitative estimate of drug-likeness (QED) is 0.649. The molecule has 1 unspecified atom stereocenters. The van der Waals surface area contributed by atoms with Crippen LogP contribution in [0.15, 0.2) is 0 Å². The first-order valence-electron chi connectivity index (χ1n) is 5.66. The van der Waals surface area contributed by atoms with Crippen molar-refractivity contribution >= 4 is 5.97 Å². The zero-order valence-corrected chi connectivity index (χ0v) is 9.29. The molecule has 0 saturated carbocycles. The number of hydrogen-bond donors (Lipinski definition) is 0. The molecule has 0 aliphatic carbocycles. The Balaban J connectivity index is 2.40. The minimum Gasteiger partial charge on any atom is -0.465 e. The van der Waals surface area contributed by atoms with E-state index in [1.807, 2.05) is 13.8 Å². The van der Waals surface area contributed by atoms with Gasteiger partial charge in [0.15, 0.2) is 0 Å². The number of likely N-dealkylation sites (tertiary alicyclic amines) is 1. The van der Waals surface area contributed by atoms with Crippen molar-refractivity contribution in [2.45, 2.75) is 45.6 Å². The van der Waals surface area contributed by atoms with Crippen molar-refractivity contribution in [1.82, 2.24) is 4.90 Å². The zero-order valence-electron chi connectivity index (χ0n) is 9.29. The smallest absolute Gasteiger partial charge is 0.323 e. The molecule has 0 amide bonds. The molecule has 0 N–H and O–H groups in total. The van der Waals surface area contributed by atoms with E-state index in [1.54, 1.807) is 0 Å². The average molecular weight is 199 g/mol. The maximum atomic E-state index is 11.5. The highest BCUT2D eigenvalue weighted by Crippen LogP contribution is 2.13. The maximum Gasteiger partial charge on any atom is 0.323 e. The summed E-state index contributed by atoms with van der Waals surface area (Å²) in [5, 5.41) is 0. The molecular weight excluding hydrogens is 178 g/mol. The second kappa shape index (κ2) is 6.02. The average Bonchev–Trinajstić information content (AvgIpc) is 2.45. The molecule has 82 valence electrons. The third-order valence-corrected chi connectivity index (χ3v) is 2.82. The molecule has 0 aromatic heterocycles. The first-order valence-corrected chi connectivity index (χ1v) is 5.66. The van der Waals surface area contributed by atoms with Crippen LogP contribution >= 0.6 is 0 Å². The Hall–Kier alpha value is -0.570. The van der Waals surface area contributed by atoms with Gasteiger partial charge in [0.2, 0.25) is 0 Å². The number of ether oxygens (including phenoxy) is 1. The van der Waals surface area contributed by atoms with Crippen molar-refractivity contribution in [1.29, 1.82) is 0 Å². The normalized spacial score (nSPS) is 21.3. The molecule has 0 aromatic carbocycles. The standard InChI is InChI=1S/C11H21NO2/c1-3-14-11(13)10(2)12-8-6-4-5-7-9-12/h10H,3-9H2,1-2H3. The van der Waals surface area contributed by atoms with E-state index in [1.165, 1.54) is 25.7 Å². The topological polar surface area (TPSA) is 29.5 Å². The van der Waals surface area contributed by atoms with Crippen LogP contribution < -0.4 is 0 Å². The predicted molar refractivity (Wildman–Crippen MR) is 56.1 cm³/mol. The van der Waals surface area contributed by atoms with Crippen LogP contribution in [0.5, 0.6) is 0 Å².